The zero-order chi connectivity index (χ0) is 24.6. The third kappa shape index (κ3) is 6.08. The van der Waals surface area contributed by atoms with Crippen LogP contribution in [-0.2, 0) is 0 Å². The maximum atomic E-state index is 9.03. The fourth-order valence-electron chi connectivity index (χ4n) is 3.69. The van der Waals surface area contributed by atoms with E-state index in [0.717, 1.165) is 57.5 Å². The summed E-state index contributed by atoms with van der Waals surface area (Å²) in [5, 5.41) is 19.0. The molecule has 9 heteroatoms. The van der Waals surface area contributed by atoms with Gasteiger partial charge in [-0.25, -0.2) is 0 Å². The van der Waals surface area contributed by atoms with Gasteiger partial charge in [0, 0.05) is 0 Å². The molecule has 2 aromatic carbocycles. The summed E-state index contributed by atoms with van der Waals surface area (Å²) in [5.41, 5.74) is 4.06. The summed E-state index contributed by atoms with van der Waals surface area (Å²) in [6, 6.07) is 18.0. The quantitative estimate of drug-likeness (QED) is 0.250. The van der Waals surface area contributed by atoms with Crippen molar-refractivity contribution in [1.82, 2.24) is 14.9 Å². The van der Waals surface area contributed by atoms with Crippen LogP contribution in [0.4, 0.5) is 11.4 Å². The van der Waals surface area contributed by atoms with Gasteiger partial charge in [-0.15, -0.1) is 0 Å². The van der Waals surface area contributed by atoms with Crippen LogP contribution >= 0.6 is 11.6 Å². The predicted octanol–water partition coefficient (Wildman–Crippen LogP) is 2.51. The van der Waals surface area contributed by atoms with Crippen molar-refractivity contribution in [2.45, 2.75) is 39.5 Å². The second-order valence-electron chi connectivity index (χ2n) is 8.07. The Balaban J connectivity index is 1.68. The molecule has 182 valence electrons. The molecule has 0 bridgehead atoms. The molecule has 3 aromatic rings. The van der Waals surface area contributed by atoms with E-state index in [9.17, 15) is 0 Å². The van der Waals surface area contributed by atoms with Crippen LogP contribution in [-0.4, -0.2) is 43.8 Å². The molecule has 0 aliphatic carbocycles. The van der Waals surface area contributed by atoms with E-state index >= 15 is 0 Å². The SMILES string of the molecule is CCCCN(CCC#N)c1ccc(N=C2C(c3ccccc3Cl)=Nn3nc([I-]CCC)nc32)cc1. The number of anilines is 1. The number of aromatic nitrogens is 3. The molecule has 1 aliphatic rings. The van der Waals surface area contributed by atoms with Gasteiger partial charge in [0.1, 0.15) is 0 Å². The number of alkyl halides is 1. The number of hydrogen-bond acceptors (Lipinski definition) is 6. The first-order valence-corrected chi connectivity index (χ1v) is 14.8. The summed E-state index contributed by atoms with van der Waals surface area (Å²) < 4.78 is 2.02. The van der Waals surface area contributed by atoms with Gasteiger partial charge in [-0.05, 0) is 0 Å². The Morgan fingerprint density at radius 2 is 1.89 bits per heavy atom. The van der Waals surface area contributed by atoms with Gasteiger partial charge in [0.2, 0.25) is 0 Å². The Labute approximate surface area is 221 Å². The van der Waals surface area contributed by atoms with Crippen LogP contribution in [0.2, 0.25) is 5.02 Å². The third-order valence-corrected chi connectivity index (χ3v) is 8.55. The number of benzene rings is 2. The molecule has 1 aromatic heterocycles. The summed E-state index contributed by atoms with van der Waals surface area (Å²) in [6.45, 7) is 6.01. The van der Waals surface area contributed by atoms with E-state index in [4.69, 9.17) is 31.9 Å². The maximum absolute atomic E-state index is 9.03. The zero-order valence-corrected chi connectivity index (χ0v) is 22.9. The number of nitrogens with zero attached hydrogens (tertiary/aromatic N) is 7. The van der Waals surface area contributed by atoms with Crippen LogP contribution < -0.4 is 26.1 Å². The number of unbranched alkanes of at least 4 members (excludes halogenated alkanes) is 1. The first-order valence-electron chi connectivity index (χ1n) is 11.9. The summed E-state index contributed by atoms with van der Waals surface area (Å²) in [7, 11) is 0. The molecule has 4 rings (SSSR count). The van der Waals surface area contributed by atoms with E-state index in [1.165, 1.54) is 0 Å². The molecule has 0 saturated heterocycles. The molecule has 0 fully saturated rings. The van der Waals surface area contributed by atoms with Gasteiger partial charge in [-0.1, -0.05) is 13.3 Å². The van der Waals surface area contributed by atoms with Crippen molar-refractivity contribution in [3.05, 3.63) is 68.8 Å². The van der Waals surface area contributed by atoms with Crippen LogP contribution in [0.3, 0.4) is 0 Å². The van der Waals surface area contributed by atoms with Crippen LogP contribution in [0.25, 0.3) is 0 Å². The van der Waals surface area contributed by atoms with Crippen LogP contribution in [0.1, 0.15) is 50.9 Å². The molecule has 0 spiro atoms. The Bertz CT molecular complexity index is 1260. The third-order valence-electron chi connectivity index (χ3n) is 5.46. The zero-order valence-electron chi connectivity index (χ0n) is 20.0. The number of rotatable bonds is 11. The molecule has 0 unspecified atom stereocenters. The van der Waals surface area contributed by atoms with Crippen LogP contribution in [0.15, 0.2) is 58.6 Å². The standard InChI is InChI=1S/C26H28ClIN7/c1-3-5-17-34(18-8-16-29)20-13-11-19(12-14-20)30-24-23(21-9-6-7-10-22(21)27)32-35-25(24)31-26(33-35)28-15-4-2/h6-7,9-14H,3-5,8,15,17-18H2,1-2H3/q-1. The molecule has 0 N–H and O–H groups in total. The minimum absolute atomic E-state index is 0.242. The van der Waals surface area contributed by atoms with Gasteiger partial charge in [0.15, 0.2) is 0 Å². The van der Waals surface area contributed by atoms with Gasteiger partial charge < -0.3 is 0 Å². The van der Waals surface area contributed by atoms with E-state index in [0.29, 0.717) is 28.7 Å². The van der Waals surface area contributed by atoms with Gasteiger partial charge >= 0.3 is 198 Å². The fraction of sp³-hybridized carbons (Fsp3) is 0.346. The van der Waals surface area contributed by atoms with Crippen molar-refractivity contribution in [3.63, 3.8) is 0 Å². The number of nitriles is 1. The molecule has 0 amide bonds. The molecule has 0 saturated carbocycles. The van der Waals surface area contributed by atoms with Gasteiger partial charge in [0.25, 0.3) is 0 Å². The number of hydrogen-bond donors (Lipinski definition) is 0. The summed E-state index contributed by atoms with van der Waals surface area (Å²) >= 11 is 6.27. The Morgan fingerprint density at radius 1 is 1.09 bits per heavy atom. The monoisotopic (exact) mass is 600 g/mol. The van der Waals surface area contributed by atoms with Gasteiger partial charge in [-0.3, -0.25) is 0 Å². The first-order chi connectivity index (χ1) is 17.1. The summed E-state index contributed by atoms with van der Waals surface area (Å²) in [6.07, 6.45) is 3.83. The average molecular weight is 601 g/mol. The van der Waals surface area contributed by atoms with Crippen LogP contribution in [0.5, 0.6) is 0 Å². The van der Waals surface area contributed by atoms with Crippen molar-refractivity contribution in [2.24, 2.45) is 10.1 Å². The predicted molar refractivity (Wildman–Crippen MR) is 137 cm³/mol. The van der Waals surface area contributed by atoms with E-state index in [1.54, 1.807) is 4.79 Å². The summed E-state index contributed by atoms with van der Waals surface area (Å²) in [5.74, 6) is 0.661. The molecular formula is C26H28ClIN7-. The average Bonchev–Trinajstić information content (AvgIpc) is 3.42. The molecule has 0 atom stereocenters. The number of halogens is 2. The van der Waals surface area contributed by atoms with E-state index in [2.05, 4.69) is 42.0 Å². The van der Waals surface area contributed by atoms with Crippen molar-refractivity contribution >= 4 is 34.4 Å². The second kappa shape index (κ2) is 12.3. The molecule has 1 aliphatic heterocycles. The molecule has 35 heavy (non-hydrogen) atoms. The minimum atomic E-state index is -0.242. The van der Waals surface area contributed by atoms with Crippen molar-refractivity contribution < 1.29 is 21.2 Å². The molecule has 7 nitrogen and oxygen atoms in total. The van der Waals surface area contributed by atoms with Crippen molar-refractivity contribution in [2.75, 3.05) is 22.4 Å². The Morgan fingerprint density at radius 3 is 2.60 bits per heavy atom. The molecular weight excluding hydrogens is 573 g/mol. The van der Waals surface area contributed by atoms with Crippen molar-refractivity contribution in [1.29, 1.82) is 5.26 Å². The number of aliphatic imine (C=N–C) groups is 1. The van der Waals surface area contributed by atoms with E-state index in [1.807, 2.05) is 36.4 Å². The normalized spacial score (nSPS) is 13.7. The van der Waals surface area contributed by atoms with E-state index in [-0.39, 0.29) is 21.2 Å². The molecule has 2 heterocycles. The first kappa shape index (κ1) is 25.3. The van der Waals surface area contributed by atoms with E-state index < -0.39 is 0 Å². The topological polar surface area (TPSA) is 82.5 Å². The van der Waals surface area contributed by atoms with Crippen molar-refractivity contribution in [3.8, 4) is 6.07 Å². The fourth-order valence-corrected chi connectivity index (χ4v) is 5.69. The van der Waals surface area contributed by atoms with Gasteiger partial charge in [0.05, 0.1) is 6.07 Å². The Hall–Kier alpha value is -2.77. The summed E-state index contributed by atoms with van der Waals surface area (Å²) in [4.78, 5) is 13.6. The second-order valence-corrected chi connectivity index (χ2v) is 11.3. The number of fused-ring (bicyclic) bond motifs is 1. The Kier molecular flexibility index (Phi) is 8.88. The molecule has 0 radical (unpaired) electrons. The van der Waals surface area contributed by atoms with Gasteiger partial charge in [-0.2, -0.15) is 5.26 Å². The van der Waals surface area contributed by atoms with Crippen LogP contribution in [0, 0.1) is 15.2 Å².